The standard InChI is InChI=1S/C20H21N3O3S/c1-13(14-5-8-16(24-2)9-6-14)22-23-20-21-17(12-27-20)15-7-10-18(25-3)19(11-15)26-4/h5-12H,1-4H3,(H,21,23)/b22-13-. The van der Waals surface area contributed by atoms with Crippen LogP contribution in [0.1, 0.15) is 12.5 Å². The molecule has 7 heteroatoms. The van der Waals surface area contributed by atoms with Crippen LogP contribution < -0.4 is 19.6 Å². The first kappa shape index (κ1) is 18.7. The number of aromatic nitrogens is 1. The van der Waals surface area contributed by atoms with Crippen LogP contribution in [0.25, 0.3) is 11.3 Å². The minimum atomic E-state index is 0.672. The molecule has 0 aliphatic carbocycles. The summed E-state index contributed by atoms with van der Waals surface area (Å²) in [5.41, 5.74) is 6.70. The molecule has 6 nitrogen and oxygen atoms in total. The van der Waals surface area contributed by atoms with E-state index >= 15 is 0 Å². The molecule has 27 heavy (non-hydrogen) atoms. The maximum atomic E-state index is 5.35. The lowest BCUT2D eigenvalue weighted by atomic mass is 10.1. The van der Waals surface area contributed by atoms with Crippen molar-refractivity contribution in [2.24, 2.45) is 5.10 Å². The van der Waals surface area contributed by atoms with Crippen molar-refractivity contribution >= 4 is 22.2 Å². The summed E-state index contributed by atoms with van der Waals surface area (Å²) in [5, 5.41) is 7.11. The van der Waals surface area contributed by atoms with E-state index in [9.17, 15) is 0 Å². The average molecular weight is 383 g/mol. The first-order valence-electron chi connectivity index (χ1n) is 8.27. The lowest BCUT2D eigenvalue weighted by Crippen LogP contribution is -1.99. The number of hydrazone groups is 1. The summed E-state index contributed by atoms with van der Waals surface area (Å²) in [6.45, 7) is 1.94. The third-order valence-corrected chi connectivity index (χ3v) is 4.76. The van der Waals surface area contributed by atoms with Gasteiger partial charge < -0.3 is 14.2 Å². The Labute approximate surface area is 162 Å². The summed E-state index contributed by atoms with van der Waals surface area (Å²) in [7, 11) is 4.88. The van der Waals surface area contributed by atoms with E-state index in [4.69, 9.17) is 14.2 Å². The highest BCUT2D eigenvalue weighted by Crippen LogP contribution is 2.33. The molecule has 0 atom stereocenters. The third kappa shape index (κ3) is 4.38. The molecular formula is C20H21N3O3S. The van der Waals surface area contributed by atoms with Crippen molar-refractivity contribution in [1.82, 2.24) is 4.98 Å². The first-order chi connectivity index (χ1) is 13.1. The van der Waals surface area contributed by atoms with Crippen molar-refractivity contribution in [2.45, 2.75) is 6.92 Å². The van der Waals surface area contributed by atoms with Crippen LogP contribution in [0.2, 0.25) is 0 Å². The highest BCUT2D eigenvalue weighted by Gasteiger charge is 2.09. The van der Waals surface area contributed by atoms with E-state index in [-0.39, 0.29) is 0 Å². The minimum Gasteiger partial charge on any atom is -0.497 e. The molecular weight excluding hydrogens is 362 g/mol. The molecule has 140 valence electrons. The summed E-state index contributed by atoms with van der Waals surface area (Å²) >= 11 is 1.49. The molecule has 0 fully saturated rings. The second-order valence-electron chi connectivity index (χ2n) is 5.65. The number of methoxy groups -OCH3 is 3. The van der Waals surface area contributed by atoms with Crippen LogP contribution in [0.5, 0.6) is 17.2 Å². The number of benzene rings is 2. The molecule has 1 aromatic heterocycles. The molecule has 0 spiro atoms. The van der Waals surface area contributed by atoms with Crippen LogP contribution in [0, 0.1) is 0 Å². The normalized spacial score (nSPS) is 11.2. The number of thiazole rings is 1. The van der Waals surface area contributed by atoms with Gasteiger partial charge in [0.2, 0.25) is 5.13 Å². The molecule has 0 saturated carbocycles. The van der Waals surface area contributed by atoms with Crippen LogP contribution >= 0.6 is 11.3 Å². The topological polar surface area (TPSA) is 65.0 Å². The van der Waals surface area contributed by atoms with E-state index in [0.29, 0.717) is 16.6 Å². The predicted octanol–water partition coefficient (Wildman–Crippen LogP) is 4.67. The Hall–Kier alpha value is -3.06. The highest BCUT2D eigenvalue weighted by atomic mass is 32.1. The Morgan fingerprint density at radius 1 is 0.963 bits per heavy atom. The van der Waals surface area contributed by atoms with Gasteiger partial charge in [0.1, 0.15) is 5.75 Å². The summed E-state index contributed by atoms with van der Waals surface area (Å²) in [5.74, 6) is 2.18. The van der Waals surface area contributed by atoms with Crippen LogP contribution in [0.15, 0.2) is 52.9 Å². The largest absolute Gasteiger partial charge is 0.497 e. The number of hydrogen-bond acceptors (Lipinski definition) is 7. The Morgan fingerprint density at radius 2 is 1.70 bits per heavy atom. The van der Waals surface area contributed by atoms with Crippen molar-refractivity contribution < 1.29 is 14.2 Å². The third-order valence-electron chi connectivity index (χ3n) is 4.01. The van der Waals surface area contributed by atoms with Gasteiger partial charge in [-0.25, -0.2) is 4.98 Å². The van der Waals surface area contributed by atoms with Gasteiger partial charge in [0.15, 0.2) is 11.5 Å². The maximum Gasteiger partial charge on any atom is 0.203 e. The van der Waals surface area contributed by atoms with Gasteiger partial charge in [-0.15, -0.1) is 11.3 Å². The van der Waals surface area contributed by atoms with E-state index in [0.717, 1.165) is 28.3 Å². The second-order valence-corrected chi connectivity index (χ2v) is 6.50. The van der Waals surface area contributed by atoms with Crippen molar-refractivity contribution in [3.8, 4) is 28.5 Å². The zero-order valence-corrected chi connectivity index (χ0v) is 16.5. The van der Waals surface area contributed by atoms with Gasteiger partial charge in [0.05, 0.1) is 32.7 Å². The van der Waals surface area contributed by atoms with Crippen molar-refractivity contribution in [1.29, 1.82) is 0 Å². The van der Waals surface area contributed by atoms with Crippen LogP contribution in [-0.2, 0) is 0 Å². The van der Waals surface area contributed by atoms with E-state index in [1.54, 1.807) is 21.3 Å². The Kier molecular flexibility index (Phi) is 5.93. The molecule has 0 aliphatic heterocycles. The van der Waals surface area contributed by atoms with Crippen LogP contribution in [0.3, 0.4) is 0 Å². The minimum absolute atomic E-state index is 0.672. The number of nitrogens with one attached hydrogen (secondary N) is 1. The fraction of sp³-hybridized carbons (Fsp3) is 0.200. The Balaban J connectivity index is 1.74. The van der Waals surface area contributed by atoms with Gasteiger partial charge in [-0.3, -0.25) is 5.43 Å². The van der Waals surface area contributed by atoms with Crippen molar-refractivity contribution in [3.05, 3.63) is 53.4 Å². The number of ether oxygens (including phenoxy) is 3. The molecule has 0 unspecified atom stereocenters. The van der Waals surface area contributed by atoms with Gasteiger partial charge in [-0.05, 0) is 55.0 Å². The lowest BCUT2D eigenvalue weighted by Gasteiger charge is -2.08. The fourth-order valence-corrected chi connectivity index (χ4v) is 3.14. The Bertz CT molecular complexity index is 936. The summed E-state index contributed by atoms with van der Waals surface area (Å²) in [6.07, 6.45) is 0. The molecule has 0 radical (unpaired) electrons. The summed E-state index contributed by atoms with van der Waals surface area (Å²) < 4.78 is 15.8. The Morgan fingerprint density at radius 3 is 2.37 bits per heavy atom. The molecule has 2 aromatic carbocycles. The van der Waals surface area contributed by atoms with Crippen molar-refractivity contribution in [2.75, 3.05) is 26.8 Å². The van der Waals surface area contributed by atoms with Crippen molar-refractivity contribution in [3.63, 3.8) is 0 Å². The molecule has 3 aromatic rings. The number of nitrogens with zero attached hydrogens (tertiary/aromatic N) is 2. The van der Waals surface area contributed by atoms with E-state index in [2.05, 4.69) is 15.5 Å². The van der Waals surface area contributed by atoms with E-state index < -0.39 is 0 Å². The molecule has 0 amide bonds. The maximum absolute atomic E-state index is 5.35. The van der Waals surface area contributed by atoms with Crippen LogP contribution in [0.4, 0.5) is 5.13 Å². The zero-order valence-electron chi connectivity index (χ0n) is 15.6. The zero-order chi connectivity index (χ0) is 19.2. The number of anilines is 1. The van der Waals surface area contributed by atoms with Crippen LogP contribution in [-0.4, -0.2) is 32.0 Å². The highest BCUT2D eigenvalue weighted by molar-refractivity contribution is 7.14. The van der Waals surface area contributed by atoms with Gasteiger partial charge in [0, 0.05) is 10.9 Å². The first-order valence-corrected chi connectivity index (χ1v) is 9.15. The molecule has 1 N–H and O–H groups in total. The quantitative estimate of drug-likeness (QED) is 0.474. The fourth-order valence-electron chi connectivity index (χ4n) is 2.48. The summed E-state index contributed by atoms with van der Waals surface area (Å²) in [4.78, 5) is 4.59. The molecule has 0 bridgehead atoms. The lowest BCUT2D eigenvalue weighted by molar-refractivity contribution is 0.355. The van der Waals surface area contributed by atoms with Gasteiger partial charge in [0.25, 0.3) is 0 Å². The predicted molar refractivity (Wildman–Crippen MR) is 109 cm³/mol. The molecule has 0 saturated heterocycles. The monoisotopic (exact) mass is 383 g/mol. The molecule has 3 rings (SSSR count). The van der Waals surface area contributed by atoms with Gasteiger partial charge in [-0.2, -0.15) is 5.10 Å². The van der Waals surface area contributed by atoms with Gasteiger partial charge >= 0.3 is 0 Å². The average Bonchev–Trinajstić information content (AvgIpc) is 3.20. The second kappa shape index (κ2) is 8.55. The SMILES string of the molecule is COc1ccc(/C(C)=N\Nc2nc(-c3ccc(OC)c(OC)c3)cs2)cc1. The van der Waals surface area contributed by atoms with E-state index in [1.165, 1.54) is 11.3 Å². The summed E-state index contributed by atoms with van der Waals surface area (Å²) in [6, 6.07) is 13.5. The number of rotatable bonds is 7. The van der Waals surface area contributed by atoms with E-state index in [1.807, 2.05) is 54.8 Å². The molecule has 1 heterocycles. The smallest absolute Gasteiger partial charge is 0.203 e. The molecule has 0 aliphatic rings. The number of hydrogen-bond donors (Lipinski definition) is 1. The van der Waals surface area contributed by atoms with Gasteiger partial charge in [-0.1, -0.05) is 0 Å².